The largest absolute Gasteiger partial charge is 0.416 e. The molecule has 9 heteroatoms. The van der Waals surface area contributed by atoms with Crippen molar-refractivity contribution in [1.29, 1.82) is 0 Å². The molecule has 2 aromatic rings. The van der Waals surface area contributed by atoms with Gasteiger partial charge >= 0.3 is 6.18 Å². The molecule has 0 spiro atoms. The number of thiophene rings is 1. The number of hydrogen-bond acceptors (Lipinski definition) is 4. The van der Waals surface area contributed by atoms with Crippen molar-refractivity contribution in [3.05, 3.63) is 57.8 Å². The molecule has 2 heterocycles. The number of guanidine groups is 1. The smallest absolute Gasteiger partial charge is 0.379 e. The molecule has 0 aliphatic carbocycles. The fraction of sp³-hybridized carbons (Fsp3) is 0.450. The van der Waals surface area contributed by atoms with Crippen molar-refractivity contribution in [3.8, 4) is 0 Å². The standard InChI is InChI=1S/C20H25F3N4OS/c1-24-19(25-12-15-6-11-29-14-15)26-13-18(27-7-9-28-10-8-27)16-2-4-17(5-3-16)20(21,22)23/h2-6,11,14,18H,7-10,12-13H2,1H3,(H2,24,25,26). The molecular formula is C20H25F3N4OS. The Morgan fingerprint density at radius 1 is 1.17 bits per heavy atom. The van der Waals surface area contributed by atoms with E-state index in [-0.39, 0.29) is 6.04 Å². The highest BCUT2D eigenvalue weighted by atomic mass is 32.1. The number of ether oxygens (including phenoxy) is 1. The molecule has 1 aliphatic rings. The van der Waals surface area contributed by atoms with Gasteiger partial charge in [-0.2, -0.15) is 24.5 Å². The van der Waals surface area contributed by atoms with E-state index < -0.39 is 11.7 Å². The zero-order valence-corrected chi connectivity index (χ0v) is 17.0. The Bertz CT molecular complexity index is 772. The summed E-state index contributed by atoms with van der Waals surface area (Å²) >= 11 is 1.64. The van der Waals surface area contributed by atoms with Crippen LogP contribution in [0.15, 0.2) is 46.1 Å². The van der Waals surface area contributed by atoms with Crippen molar-refractivity contribution in [1.82, 2.24) is 15.5 Å². The lowest BCUT2D eigenvalue weighted by molar-refractivity contribution is -0.137. The Morgan fingerprint density at radius 2 is 1.90 bits per heavy atom. The number of halogens is 3. The molecule has 1 aliphatic heterocycles. The van der Waals surface area contributed by atoms with Crippen molar-refractivity contribution in [2.75, 3.05) is 39.9 Å². The molecule has 0 amide bonds. The van der Waals surface area contributed by atoms with Crippen LogP contribution in [0.4, 0.5) is 13.2 Å². The fourth-order valence-electron chi connectivity index (χ4n) is 3.23. The molecular weight excluding hydrogens is 401 g/mol. The Labute approximate surface area is 172 Å². The third kappa shape index (κ3) is 6.19. The average Bonchev–Trinajstić information content (AvgIpc) is 3.24. The minimum atomic E-state index is -4.33. The highest BCUT2D eigenvalue weighted by Gasteiger charge is 2.31. The average molecular weight is 427 g/mol. The van der Waals surface area contributed by atoms with E-state index in [0.717, 1.165) is 30.8 Å². The van der Waals surface area contributed by atoms with Crippen LogP contribution in [-0.4, -0.2) is 50.8 Å². The SMILES string of the molecule is CN=C(NCc1ccsc1)NCC(c1ccc(C(F)(F)F)cc1)N1CCOCC1. The predicted molar refractivity (Wildman–Crippen MR) is 109 cm³/mol. The molecule has 1 saturated heterocycles. The summed E-state index contributed by atoms with van der Waals surface area (Å²) in [6.07, 6.45) is -4.33. The molecule has 5 nitrogen and oxygen atoms in total. The van der Waals surface area contributed by atoms with Gasteiger partial charge in [0.1, 0.15) is 0 Å². The van der Waals surface area contributed by atoms with E-state index >= 15 is 0 Å². The van der Waals surface area contributed by atoms with E-state index in [1.165, 1.54) is 5.56 Å². The summed E-state index contributed by atoms with van der Waals surface area (Å²) in [6.45, 7) is 3.87. The number of benzene rings is 1. The van der Waals surface area contributed by atoms with Crippen LogP contribution in [0.2, 0.25) is 0 Å². The molecule has 1 fully saturated rings. The maximum Gasteiger partial charge on any atom is 0.416 e. The van der Waals surface area contributed by atoms with Gasteiger partial charge < -0.3 is 15.4 Å². The second-order valence-electron chi connectivity index (χ2n) is 6.72. The van der Waals surface area contributed by atoms with Gasteiger partial charge in [-0.05, 0) is 40.1 Å². The molecule has 0 bridgehead atoms. The van der Waals surface area contributed by atoms with Crippen LogP contribution >= 0.6 is 11.3 Å². The lowest BCUT2D eigenvalue weighted by Gasteiger charge is -2.35. The van der Waals surface area contributed by atoms with Gasteiger partial charge in [-0.25, -0.2) is 0 Å². The molecule has 2 N–H and O–H groups in total. The van der Waals surface area contributed by atoms with E-state index in [0.29, 0.717) is 32.3 Å². The molecule has 3 rings (SSSR count). The number of aliphatic imine (C=N–C) groups is 1. The van der Waals surface area contributed by atoms with Gasteiger partial charge in [0, 0.05) is 33.2 Å². The van der Waals surface area contributed by atoms with E-state index in [1.807, 2.05) is 11.4 Å². The molecule has 29 heavy (non-hydrogen) atoms. The molecule has 0 radical (unpaired) electrons. The van der Waals surface area contributed by atoms with Crippen LogP contribution in [-0.2, 0) is 17.5 Å². The van der Waals surface area contributed by atoms with Gasteiger partial charge in [-0.15, -0.1) is 0 Å². The van der Waals surface area contributed by atoms with E-state index in [1.54, 1.807) is 30.5 Å². The first kappa shape index (κ1) is 21.6. The van der Waals surface area contributed by atoms with Crippen LogP contribution in [0, 0.1) is 0 Å². The highest BCUT2D eigenvalue weighted by molar-refractivity contribution is 7.07. The van der Waals surface area contributed by atoms with Crippen LogP contribution in [0.3, 0.4) is 0 Å². The van der Waals surface area contributed by atoms with Gasteiger partial charge in [-0.1, -0.05) is 12.1 Å². The summed E-state index contributed by atoms with van der Waals surface area (Å²) in [7, 11) is 1.70. The summed E-state index contributed by atoms with van der Waals surface area (Å²) in [4.78, 5) is 6.48. The van der Waals surface area contributed by atoms with E-state index in [4.69, 9.17) is 4.74 Å². The number of hydrogen-bond donors (Lipinski definition) is 2. The monoisotopic (exact) mass is 426 g/mol. The van der Waals surface area contributed by atoms with E-state index in [9.17, 15) is 13.2 Å². The summed E-state index contributed by atoms with van der Waals surface area (Å²) in [6, 6.07) is 7.38. The number of morpholine rings is 1. The third-order valence-corrected chi connectivity index (χ3v) is 5.57. The predicted octanol–water partition coefficient (Wildman–Crippen LogP) is 3.51. The van der Waals surface area contributed by atoms with E-state index in [2.05, 4.69) is 25.9 Å². The van der Waals surface area contributed by atoms with Crippen LogP contribution in [0.1, 0.15) is 22.7 Å². The molecule has 0 saturated carbocycles. The zero-order valence-electron chi connectivity index (χ0n) is 16.2. The summed E-state index contributed by atoms with van der Waals surface area (Å²) in [5, 5.41) is 10.7. The first-order valence-corrected chi connectivity index (χ1v) is 10.4. The molecule has 1 aromatic heterocycles. The van der Waals surface area contributed by atoms with Crippen molar-refractivity contribution in [2.45, 2.75) is 18.8 Å². The topological polar surface area (TPSA) is 48.9 Å². The van der Waals surface area contributed by atoms with Gasteiger partial charge in [-0.3, -0.25) is 9.89 Å². The molecule has 1 atom stereocenters. The van der Waals surface area contributed by atoms with Crippen molar-refractivity contribution in [2.24, 2.45) is 4.99 Å². The second kappa shape index (κ2) is 10.1. The fourth-order valence-corrected chi connectivity index (χ4v) is 3.90. The lowest BCUT2D eigenvalue weighted by Crippen LogP contribution is -2.46. The van der Waals surface area contributed by atoms with Crippen molar-refractivity contribution < 1.29 is 17.9 Å². The number of nitrogens with one attached hydrogen (secondary N) is 2. The van der Waals surface area contributed by atoms with Gasteiger partial charge in [0.25, 0.3) is 0 Å². The Hall–Kier alpha value is -2.10. The zero-order chi connectivity index (χ0) is 20.7. The highest BCUT2D eigenvalue weighted by Crippen LogP contribution is 2.31. The van der Waals surface area contributed by atoms with Crippen LogP contribution in [0.25, 0.3) is 0 Å². The van der Waals surface area contributed by atoms with Gasteiger partial charge in [0.2, 0.25) is 0 Å². The molecule has 1 aromatic carbocycles. The van der Waals surface area contributed by atoms with Crippen molar-refractivity contribution >= 4 is 17.3 Å². The van der Waals surface area contributed by atoms with Gasteiger partial charge in [0.05, 0.1) is 24.8 Å². The third-order valence-electron chi connectivity index (χ3n) is 4.84. The summed E-state index contributed by atoms with van der Waals surface area (Å²) < 4.78 is 44.2. The lowest BCUT2D eigenvalue weighted by atomic mass is 10.0. The Balaban J connectivity index is 1.68. The Morgan fingerprint density at radius 3 is 2.48 bits per heavy atom. The Kier molecular flexibility index (Phi) is 7.51. The van der Waals surface area contributed by atoms with Crippen LogP contribution in [0.5, 0.6) is 0 Å². The van der Waals surface area contributed by atoms with Crippen LogP contribution < -0.4 is 10.6 Å². The maximum atomic E-state index is 12.9. The minimum Gasteiger partial charge on any atom is -0.379 e. The molecule has 158 valence electrons. The first-order chi connectivity index (χ1) is 14.0. The summed E-state index contributed by atoms with van der Waals surface area (Å²) in [5.41, 5.74) is 1.37. The number of alkyl halides is 3. The number of nitrogens with zero attached hydrogens (tertiary/aromatic N) is 2. The normalized spacial score (nSPS) is 17.2. The summed E-state index contributed by atoms with van der Waals surface area (Å²) in [5.74, 6) is 0.654. The van der Waals surface area contributed by atoms with Gasteiger partial charge in [0.15, 0.2) is 5.96 Å². The minimum absolute atomic E-state index is 0.0825. The quantitative estimate of drug-likeness (QED) is 0.548. The molecule has 1 unspecified atom stereocenters. The van der Waals surface area contributed by atoms with Crippen molar-refractivity contribution in [3.63, 3.8) is 0 Å². The first-order valence-electron chi connectivity index (χ1n) is 9.42. The number of rotatable bonds is 6. The second-order valence-corrected chi connectivity index (χ2v) is 7.50. The maximum absolute atomic E-state index is 12.9.